The van der Waals surface area contributed by atoms with E-state index in [1.165, 1.54) is 21.6 Å². The number of aromatic nitrogens is 1. The lowest BCUT2D eigenvalue weighted by atomic mass is 10.4. The lowest BCUT2D eigenvalue weighted by molar-refractivity contribution is 0.0691. The van der Waals surface area contributed by atoms with E-state index >= 15 is 0 Å². The molecule has 1 aromatic rings. The molecule has 0 saturated heterocycles. The van der Waals surface area contributed by atoms with Crippen LogP contribution < -0.4 is 5.32 Å². The number of carbonyl (C=O) groups excluding carboxylic acids is 1. The number of amides is 2. The summed E-state index contributed by atoms with van der Waals surface area (Å²) in [4.78, 5) is 27.5. The molecule has 0 radical (unpaired) electrons. The minimum absolute atomic E-state index is 0.0464. The first-order valence-electron chi connectivity index (χ1n) is 5.32. The fourth-order valence-electron chi connectivity index (χ4n) is 1.21. The smallest absolute Gasteiger partial charge is 0.355 e. The average Bonchev–Trinajstić information content (AvgIpc) is 2.78. The standard InChI is InChI=1S/C11H15N3O3S/c1-3-6-14(2)11(17)12-5-4-9-13-8(7-18-9)10(15)16/h3,7H,1,4-6H2,2H3,(H,12,17)(H,15,16). The van der Waals surface area contributed by atoms with Gasteiger partial charge in [-0.25, -0.2) is 14.6 Å². The minimum Gasteiger partial charge on any atom is -0.476 e. The fourth-order valence-corrected chi connectivity index (χ4v) is 1.98. The molecule has 6 nitrogen and oxygen atoms in total. The largest absolute Gasteiger partial charge is 0.476 e. The molecule has 1 heterocycles. The van der Waals surface area contributed by atoms with Crippen LogP contribution in [0.3, 0.4) is 0 Å². The Morgan fingerprint density at radius 1 is 1.67 bits per heavy atom. The van der Waals surface area contributed by atoms with Gasteiger partial charge in [0.05, 0.1) is 5.01 Å². The van der Waals surface area contributed by atoms with Gasteiger partial charge in [0.15, 0.2) is 5.69 Å². The van der Waals surface area contributed by atoms with E-state index in [2.05, 4.69) is 16.9 Å². The van der Waals surface area contributed by atoms with Crippen LogP contribution >= 0.6 is 11.3 Å². The molecule has 0 aliphatic heterocycles. The van der Waals surface area contributed by atoms with Crippen molar-refractivity contribution in [1.82, 2.24) is 15.2 Å². The summed E-state index contributed by atoms with van der Waals surface area (Å²) in [5.74, 6) is -1.03. The van der Waals surface area contributed by atoms with E-state index in [9.17, 15) is 9.59 Å². The molecule has 7 heteroatoms. The van der Waals surface area contributed by atoms with Crippen molar-refractivity contribution < 1.29 is 14.7 Å². The monoisotopic (exact) mass is 269 g/mol. The molecular weight excluding hydrogens is 254 g/mol. The number of hydrogen-bond acceptors (Lipinski definition) is 4. The molecule has 1 aromatic heterocycles. The normalized spacial score (nSPS) is 9.83. The number of nitrogens with one attached hydrogen (secondary N) is 1. The summed E-state index contributed by atoms with van der Waals surface area (Å²) in [6.45, 7) is 4.45. The van der Waals surface area contributed by atoms with Gasteiger partial charge in [0.2, 0.25) is 0 Å². The fraction of sp³-hybridized carbons (Fsp3) is 0.364. The van der Waals surface area contributed by atoms with Crippen LogP contribution in [0, 0.1) is 0 Å². The van der Waals surface area contributed by atoms with E-state index < -0.39 is 5.97 Å². The number of thiazole rings is 1. The number of likely N-dealkylation sites (N-methyl/N-ethyl adjacent to an activating group) is 1. The van der Waals surface area contributed by atoms with Gasteiger partial charge in [0.25, 0.3) is 0 Å². The number of carboxylic acids is 1. The number of aromatic carboxylic acids is 1. The van der Waals surface area contributed by atoms with Crippen LogP contribution in [0.25, 0.3) is 0 Å². The van der Waals surface area contributed by atoms with E-state index in [1.54, 1.807) is 13.1 Å². The molecule has 0 aromatic carbocycles. The molecule has 98 valence electrons. The summed E-state index contributed by atoms with van der Waals surface area (Å²) < 4.78 is 0. The average molecular weight is 269 g/mol. The first-order valence-corrected chi connectivity index (χ1v) is 6.20. The first-order chi connectivity index (χ1) is 8.54. The van der Waals surface area contributed by atoms with Gasteiger partial charge in [-0.15, -0.1) is 17.9 Å². The molecule has 0 saturated carbocycles. The van der Waals surface area contributed by atoms with Crippen LogP contribution in [0.5, 0.6) is 0 Å². The van der Waals surface area contributed by atoms with Gasteiger partial charge in [-0.05, 0) is 0 Å². The quantitative estimate of drug-likeness (QED) is 0.760. The predicted octanol–water partition coefficient (Wildman–Crippen LogP) is 1.21. The van der Waals surface area contributed by atoms with Crippen molar-refractivity contribution in [2.75, 3.05) is 20.1 Å². The van der Waals surface area contributed by atoms with Gasteiger partial charge in [-0.1, -0.05) is 6.08 Å². The highest BCUT2D eigenvalue weighted by atomic mass is 32.1. The van der Waals surface area contributed by atoms with Crippen molar-refractivity contribution in [1.29, 1.82) is 0 Å². The number of carboxylic acid groups (broad SMARTS) is 1. The van der Waals surface area contributed by atoms with Crippen molar-refractivity contribution in [3.05, 3.63) is 28.7 Å². The second kappa shape index (κ2) is 6.75. The van der Waals surface area contributed by atoms with Crippen LogP contribution in [-0.4, -0.2) is 47.1 Å². The molecule has 0 fully saturated rings. The van der Waals surface area contributed by atoms with Gasteiger partial charge >= 0.3 is 12.0 Å². The van der Waals surface area contributed by atoms with Gasteiger partial charge in [0.1, 0.15) is 0 Å². The third-order valence-electron chi connectivity index (χ3n) is 2.14. The number of rotatable bonds is 6. The molecule has 2 N–H and O–H groups in total. The van der Waals surface area contributed by atoms with E-state index in [4.69, 9.17) is 5.11 Å². The van der Waals surface area contributed by atoms with Crippen LogP contribution in [0.2, 0.25) is 0 Å². The zero-order chi connectivity index (χ0) is 13.5. The van der Waals surface area contributed by atoms with Crippen molar-refractivity contribution in [3.63, 3.8) is 0 Å². The van der Waals surface area contributed by atoms with Gasteiger partial charge in [-0.2, -0.15) is 0 Å². The summed E-state index contributed by atoms with van der Waals surface area (Å²) in [6.07, 6.45) is 2.16. The number of hydrogen-bond donors (Lipinski definition) is 2. The Hall–Kier alpha value is -1.89. The number of carbonyl (C=O) groups is 2. The first kappa shape index (κ1) is 14.2. The van der Waals surface area contributed by atoms with Crippen LogP contribution in [-0.2, 0) is 6.42 Å². The zero-order valence-corrected chi connectivity index (χ0v) is 10.9. The maximum Gasteiger partial charge on any atom is 0.355 e. The van der Waals surface area contributed by atoms with Crippen molar-refractivity contribution in [3.8, 4) is 0 Å². The molecule has 18 heavy (non-hydrogen) atoms. The number of urea groups is 1. The highest BCUT2D eigenvalue weighted by Crippen LogP contribution is 2.09. The van der Waals surface area contributed by atoms with Crippen molar-refractivity contribution in [2.24, 2.45) is 0 Å². The maximum atomic E-state index is 11.5. The predicted molar refractivity (Wildman–Crippen MR) is 69.0 cm³/mol. The summed E-state index contributed by atoms with van der Waals surface area (Å²) in [7, 11) is 1.67. The highest BCUT2D eigenvalue weighted by Gasteiger charge is 2.09. The summed E-state index contributed by atoms with van der Waals surface area (Å²) in [5, 5.41) is 13.6. The minimum atomic E-state index is -1.03. The third-order valence-corrected chi connectivity index (χ3v) is 3.04. The Balaban J connectivity index is 2.34. The summed E-state index contributed by atoms with van der Waals surface area (Å²) >= 11 is 1.28. The van der Waals surface area contributed by atoms with Gasteiger partial charge in [-0.3, -0.25) is 0 Å². The van der Waals surface area contributed by atoms with E-state index in [0.717, 1.165) is 0 Å². The second-order valence-electron chi connectivity index (χ2n) is 3.58. The molecule has 1 rings (SSSR count). The second-order valence-corrected chi connectivity index (χ2v) is 4.53. The molecular formula is C11H15N3O3S. The van der Waals surface area contributed by atoms with Crippen LogP contribution in [0.15, 0.2) is 18.0 Å². The topological polar surface area (TPSA) is 82.5 Å². The Kier molecular flexibility index (Phi) is 5.31. The van der Waals surface area contributed by atoms with Gasteiger partial charge < -0.3 is 15.3 Å². The molecule has 2 amide bonds. The van der Waals surface area contributed by atoms with E-state index in [0.29, 0.717) is 24.5 Å². The molecule has 0 aliphatic carbocycles. The lowest BCUT2D eigenvalue weighted by Gasteiger charge is -2.15. The summed E-state index contributed by atoms with van der Waals surface area (Å²) in [5.41, 5.74) is 0.0464. The Labute approximate surface area is 109 Å². The molecule has 0 bridgehead atoms. The lowest BCUT2D eigenvalue weighted by Crippen LogP contribution is -2.38. The Morgan fingerprint density at radius 3 is 2.94 bits per heavy atom. The Morgan fingerprint density at radius 2 is 2.39 bits per heavy atom. The van der Waals surface area contributed by atoms with Gasteiger partial charge in [0, 0.05) is 31.9 Å². The van der Waals surface area contributed by atoms with E-state index in [1.807, 2.05) is 0 Å². The maximum absolute atomic E-state index is 11.5. The molecule has 0 atom stereocenters. The number of nitrogens with zero attached hydrogens (tertiary/aromatic N) is 2. The molecule has 0 aliphatic rings. The van der Waals surface area contributed by atoms with Crippen molar-refractivity contribution in [2.45, 2.75) is 6.42 Å². The highest BCUT2D eigenvalue weighted by molar-refractivity contribution is 7.09. The molecule has 0 unspecified atom stereocenters. The zero-order valence-electron chi connectivity index (χ0n) is 10.0. The van der Waals surface area contributed by atoms with Crippen molar-refractivity contribution >= 4 is 23.3 Å². The van der Waals surface area contributed by atoms with Crippen LogP contribution in [0.4, 0.5) is 4.79 Å². The Bertz CT molecular complexity index is 444. The van der Waals surface area contributed by atoms with Crippen LogP contribution in [0.1, 0.15) is 15.5 Å². The van der Waals surface area contributed by atoms with E-state index in [-0.39, 0.29) is 11.7 Å². The molecule has 0 spiro atoms. The third kappa shape index (κ3) is 4.17. The SMILES string of the molecule is C=CCN(C)C(=O)NCCc1nc(C(=O)O)cs1. The summed E-state index contributed by atoms with van der Waals surface area (Å²) in [6, 6.07) is -0.190.